The summed E-state index contributed by atoms with van der Waals surface area (Å²) in [5.41, 5.74) is 2.89. The fourth-order valence-corrected chi connectivity index (χ4v) is 3.46. The lowest BCUT2D eigenvalue weighted by molar-refractivity contribution is -0.137. The maximum Gasteiger partial charge on any atom is 0.416 e. The Morgan fingerprint density at radius 2 is 1.93 bits per heavy atom. The number of hydrogen-bond acceptors (Lipinski definition) is 3. The first-order chi connectivity index (χ1) is 13.4. The molecule has 0 atom stereocenters. The van der Waals surface area contributed by atoms with Crippen molar-refractivity contribution < 1.29 is 18.0 Å². The molecule has 28 heavy (non-hydrogen) atoms. The molecule has 2 aromatic carbocycles. The minimum atomic E-state index is -4.51. The molecule has 0 radical (unpaired) electrons. The molecule has 0 spiro atoms. The van der Waals surface area contributed by atoms with E-state index in [0.717, 1.165) is 37.0 Å². The van der Waals surface area contributed by atoms with Crippen LogP contribution in [-0.4, -0.2) is 20.7 Å². The van der Waals surface area contributed by atoms with Crippen LogP contribution in [0.5, 0.6) is 0 Å². The molecule has 1 amide bonds. The standard InChI is InChI=1S/C20H17F3N4O/c21-20(22,23)16-6-7-18(27-12-24-11-25-27)17(10-16)26-19(28)9-13-4-5-14-2-1-3-15(14)8-13/h4-8,10-12H,1-3,9H2,(H,26,28). The van der Waals surface area contributed by atoms with Gasteiger partial charge in [0.2, 0.25) is 5.91 Å². The highest BCUT2D eigenvalue weighted by Crippen LogP contribution is 2.33. The molecule has 0 aliphatic heterocycles. The molecule has 5 nitrogen and oxygen atoms in total. The molecular weight excluding hydrogens is 369 g/mol. The fraction of sp³-hybridized carbons (Fsp3) is 0.250. The number of aromatic nitrogens is 3. The maximum atomic E-state index is 13.1. The highest BCUT2D eigenvalue weighted by molar-refractivity contribution is 5.94. The molecule has 0 fully saturated rings. The van der Waals surface area contributed by atoms with E-state index in [1.165, 1.54) is 34.5 Å². The predicted octanol–water partition coefficient (Wildman–Crippen LogP) is 3.96. The van der Waals surface area contributed by atoms with Gasteiger partial charge in [-0.1, -0.05) is 18.2 Å². The lowest BCUT2D eigenvalue weighted by Crippen LogP contribution is -2.17. The molecule has 8 heteroatoms. The number of rotatable bonds is 4. The van der Waals surface area contributed by atoms with Gasteiger partial charge in [0.1, 0.15) is 12.7 Å². The van der Waals surface area contributed by atoms with E-state index in [2.05, 4.69) is 15.4 Å². The van der Waals surface area contributed by atoms with Gasteiger partial charge in [0.25, 0.3) is 0 Å². The van der Waals surface area contributed by atoms with Crippen molar-refractivity contribution in [1.82, 2.24) is 14.8 Å². The van der Waals surface area contributed by atoms with Gasteiger partial charge in [0.15, 0.2) is 0 Å². The van der Waals surface area contributed by atoms with E-state index >= 15 is 0 Å². The third kappa shape index (κ3) is 3.76. The topological polar surface area (TPSA) is 59.8 Å². The first-order valence-corrected chi connectivity index (χ1v) is 8.87. The van der Waals surface area contributed by atoms with Crippen molar-refractivity contribution in [2.24, 2.45) is 0 Å². The molecule has 3 aromatic rings. The van der Waals surface area contributed by atoms with Gasteiger partial charge < -0.3 is 5.32 Å². The SMILES string of the molecule is O=C(Cc1ccc2c(c1)CCC2)Nc1cc(C(F)(F)F)ccc1-n1cncn1. The van der Waals surface area contributed by atoms with Crippen molar-refractivity contribution >= 4 is 11.6 Å². The summed E-state index contributed by atoms with van der Waals surface area (Å²) >= 11 is 0. The zero-order chi connectivity index (χ0) is 19.7. The molecular formula is C20H17F3N4O. The number of amides is 1. The van der Waals surface area contributed by atoms with Crippen LogP contribution in [-0.2, 0) is 30.2 Å². The molecule has 0 saturated heterocycles. The Balaban J connectivity index is 1.59. The lowest BCUT2D eigenvalue weighted by Gasteiger charge is -2.14. The molecule has 1 aliphatic carbocycles. The second kappa shape index (κ2) is 7.10. The number of aryl methyl sites for hydroxylation is 2. The van der Waals surface area contributed by atoms with Crippen LogP contribution in [0.25, 0.3) is 5.69 Å². The molecule has 1 aliphatic rings. The van der Waals surface area contributed by atoms with E-state index < -0.39 is 17.6 Å². The highest BCUT2D eigenvalue weighted by Gasteiger charge is 2.31. The van der Waals surface area contributed by atoms with Crippen molar-refractivity contribution in [3.63, 3.8) is 0 Å². The van der Waals surface area contributed by atoms with Gasteiger partial charge in [-0.3, -0.25) is 4.79 Å². The summed E-state index contributed by atoms with van der Waals surface area (Å²) in [5.74, 6) is -0.390. The number of carbonyl (C=O) groups excluding carboxylic acids is 1. The second-order valence-electron chi connectivity index (χ2n) is 6.75. The minimum Gasteiger partial charge on any atom is -0.324 e. The Labute approximate surface area is 159 Å². The average Bonchev–Trinajstić information content (AvgIpc) is 3.32. The Morgan fingerprint density at radius 1 is 1.11 bits per heavy atom. The first kappa shape index (κ1) is 18.2. The van der Waals surface area contributed by atoms with Crippen LogP contribution in [0, 0.1) is 0 Å². The Bertz CT molecular complexity index is 1010. The second-order valence-corrected chi connectivity index (χ2v) is 6.75. The molecule has 1 aromatic heterocycles. The summed E-state index contributed by atoms with van der Waals surface area (Å²) in [6, 6.07) is 9.06. The van der Waals surface area contributed by atoms with Gasteiger partial charge in [-0.2, -0.15) is 18.3 Å². The van der Waals surface area contributed by atoms with Crippen LogP contribution in [0.1, 0.15) is 28.7 Å². The number of fused-ring (bicyclic) bond motifs is 1. The van der Waals surface area contributed by atoms with E-state index in [-0.39, 0.29) is 12.1 Å². The van der Waals surface area contributed by atoms with Gasteiger partial charge >= 0.3 is 6.18 Å². The molecule has 4 rings (SSSR count). The highest BCUT2D eigenvalue weighted by atomic mass is 19.4. The Kier molecular flexibility index (Phi) is 4.62. The summed E-state index contributed by atoms with van der Waals surface area (Å²) < 4.78 is 40.6. The number of alkyl halides is 3. The zero-order valence-corrected chi connectivity index (χ0v) is 14.8. The van der Waals surface area contributed by atoms with Crippen LogP contribution in [0.2, 0.25) is 0 Å². The van der Waals surface area contributed by atoms with Crippen LogP contribution >= 0.6 is 0 Å². The Hall–Kier alpha value is -3.16. The van der Waals surface area contributed by atoms with Crippen LogP contribution < -0.4 is 5.32 Å². The van der Waals surface area contributed by atoms with Gasteiger partial charge in [-0.15, -0.1) is 0 Å². The summed E-state index contributed by atoms with van der Waals surface area (Å²) in [7, 11) is 0. The van der Waals surface area contributed by atoms with Crippen LogP contribution in [0.4, 0.5) is 18.9 Å². The summed E-state index contributed by atoms with van der Waals surface area (Å²) in [5, 5.41) is 6.54. The van der Waals surface area contributed by atoms with Crippen molar-refractivity contribution in [2.45, 2.75) is 31.9 Å². The Morgan fingerprint density at radius 3 is 2.68 bits per heavy atom. The predicted molar refractivity (Wildman–Crippen MR) is 97.2 cm³/mol. The van der Waals surface area contributed by atoms with E-state index in [1.807, 2.05) is 18.2 Å². The molecule has 1 N–H and O–H groups in total. The molecule has 1 heterocycles. The lowest BCUT2D eigenvalue weighted by atomic mass is 10.0. The molecule has 0 unspecified atom stereocenters. The zero-order valence-electron chi connectivity index (χ0n) is 14.8. The van der Waals surface area contributed by atoms with Gasteiger partial charge in [0, 0.05) is 0 Å². The summed E-state index contributed by atoms with van der Waals surface area (Å²) in [4.78, 5) is 16.3. The smallest absolute Gasteiger partial charge is 0.324 e. The van der Waals surface area contributed by atoms with E-state index in [0.29, 0.717) is 5.69 Å². The maximum absolute atomic E-state index is 13.1. The number of carbonyl (C=O) groups is 1. The van der Waals surface area contributed by atoms with E-state index in [4.69, 9.17) is 0 Å². The average molecular weight is 386 g/mol. The first-order valence-electron chi connectivity index (χ1n) is 8.87. The number of halogens is 3. The van der Waals surface area contributed by atoms with E-state index in [9.17, 15) is 18.0 Å². The third-order valence-electron chi connectivity index (χ3n) is 4.79. The monoisotopic (exact) mass is 386 g/mol. The van der Waals surface area contributed by atoms with Crippen LogP contribution in [0.15, 0.2) is 49.1 Å². The van der Waals surface area contributed by atoms with Gasteiger partial charge in [-0.05, 0) is 54.2 Å². The van der Waals surface area contributed by atoms with Crippen molar-refractivity contribution in [2.75, 3.05) is 5.32 Å². The number of nitrogens with one attached hydrogen (secondary N) is 1. The molecule has 0 bridgehead atoms. The number of hydrogen-bond donors (Lipinski definition) is 1. The number of nitrogens with zero attached hydrogens (tertiary/aromatic N) is 3. The third-order valence-corrected chi connectivity index (χ3v) is 4.79. The summed E-state index contributed by atoms with van der Waals surface area (Å²) in [6.07, 6.45) is 1.35. The normalized spacial score (nSPS) is 13.4. The fourth-order valence-electron chi connectivity index (χ4n) is 3.46. The van der Waals surface area contributed by atoms with Crippen molar-refractivity contribution in [3.05, 3.63) is 71.3 Å². The number of benzene rings is 2. The van der Waals surface area contributed by atoms with Gasteiger partial charge in [0.05, 0.1) is 23.4 Å². The summed E-state index contributed by atoms with van der Waals surface area (Å²) in [6.45, 7) is 0. The largest absolute Gasteiger partial charge is 0.416 e. The number of anilines is 1. The van der Waals surface area contributed by atoms with Crippen molar-refractivity contribution in [1.29, 1.82) is 0 Å². The minimum absolute atomic E-state index is 0.0338. The van der Waals surface area contributed by atoms with Crippen molar-refractivity contribution in [3.8, 4) is 5.69 Å². The van der Waals surface area contributed by atoms with Crippen LogP contribution in [0.3, 0.4) is 0 Å². The molecule has 0 saturated carbocycles. The van der Waals surface area contributed by atoms with E-state index in [1.54, 1.807) is 0 Å². The molecule has 144 valence electrons. The van der Waals surface area contributed by atoms with Gasteiger partial charge in [-0.25, -0.2) is 9.67 Å². The quantitative estimate of drug-likeness (QED) is 0.739.